The van der Waals surface area contributed by atoms with Crippen molar-refractivity contribution < 1.29 is 37.3 Å². The molecule has 9 heteroatoms. The van der Waals surface area contributed by atoms with Crippen LogP contribution in [-0.2, 0) is 27.9 Å². The third-order valence-corrected chi connectivity index (χ3v) is 8.16. The van der Waals surface area contributed by atoms with Gasteiger partial charge in [-0.05, 0) is 51.4 Å². The van der Waals surface area contributed by atoms with Gasteiger partial charge in [0.15, 0.2) is 0 Å². The van der Waals surface area contributed by atoms with Gasteiger partial charge in [0.05, 0.1) is 34.4 Å². The number of rotatable bonds is 32. The number of phosphoric ester groups is 1. The Bertz CT molecular complexity index is 823. The average Bonchev–Trinajstić information content (AvgIpc) is 2.97. The Morgan fingerprint density at radius 3 is 1.82 bits per heavy atom. The Kier molecular flexibility index (Phi) is 29.2. The Labute approximate surface area is 276 Å². The molecule has 0 fully saturated rings. The van der Waals surface area contributed by atoms with Crippen molar-refractivity contribution in [3.8, 4) is 0 Å². The molecular formula is C36H68NO7P. The van der Waals surface area contributed by atoms with E-state index in [9.17, 15) is 14.3 Å². The molecule has 8 nitrogen and oxygen atoms in total. The first kappa shape index (κ1) is 43.7. The second-order valence-corrected chi connectivity index (χ2v) is 14.3. The molecule has 0 aromatic rings. The molecule has 45 heavy (non-hydrogen) atoms. The number of phosphoric acid groups is 1. The molecule has 2 unspecified atom stereocenters. The zero-order chi connectivity index (χ0) is 33.5. The van der Waals surface area contributed by atoms with Gasteiger partial charge in [0.1, 0.15) is 19.3 Å². The van der Waals surface area contributed by atoms with Crippen LogP contribution in [0.2, 0.25) is 0 Å². The molecule has 0 aromatic heterocycles. The van der Waals surface area contributed by atoms with Crippen LogP contribution >= 0.6 is 7.82 Å². The zero-order valence-electron chi connectivity index (χ0n) is 29.6. The van der Waals surface area contributed by atoms with Crippen molar-refractivity contribution in [1.82, 2.24) is 0 Å². The van der Waals surface area contributed by atoms with Crippen LogP contribution in [0.1, 0.15) is 129 Å². The van der Waals surface area contributed by atoms with Gasteiger partial charge in [0.2, 0.25) is 0 Å². The molecule has 0 aliphatic carbocycles. The first-order chi connectivity index (χ1) is 21.6. The highest BCUT2D eigenvalue weighted by Crippen LogP contribution is 2.38. The number of ether oxygens (including phenoxy) is 2. The van der Waals surface area contributed by atoms with E-state index in [1.807, 2.05) is 21.1 Å². The molecule has 0 bridgehead atoms. The van der Waals surface area contributed by atoms with E-state index in [2.05, 4.69) is 50.3 Å². The monoisotopic (exact) mass is 657 g/mol. The lowest BCUT2D eigenvalue weighted by molar-refractivity contribution is -0.870. The van der Waals surface area contributed by atoms with Crippen LogP contribution in [0.5, 0.6) is 0 Å². The summed E-state index contributed by atoms with van der Waals surface area (Å²) in [4.78, 5) is 24.4. The fraction of sp³-hybridized carbons (Fsp3) is 0.806. The number of esters is 1. The molecule has 0 heterocycles. The van der Waals surface area contributed by atoms with E-state index in [1.165, 1.54) is 57.8 Å². The smallest absolute Gasteiger partial charge is 0.306 e. The van der Waals surface area contributed by atoms with Crippen molar-refractivity contribution in [3.63, 3.8) is 0 Å². The first-order valence-corrected chi connectivity index (χ1v) is 19.2. The van der Waals surface area contributed by atoms with Gasteiger partial charge < -0.3 is 27.9 Å². The second-order valence-electron chi connectivity index (χ2n) is 12.9. The summed E-state index contributed by atoms with van der Waals surface area (Å²) in [6, 6.07) is 0. The van der Waals surface area contributed by atoms with E-state index < -0.39 is 13.9 Å². The molecule has 0 saturated heterocycles. The Morgan fingerprint density at radius 2 is 1.22 bits per heavy atom. The van der Waals surface area contributed by atoms with Gasteiger partial charge in [-0.25, -0.2) is 0 Å². The summed E-state index contributed by atoms with van der Waals surface area (Å²) in [7, 11) is 1.34. The number of unbranched alkanes of at least 4 members (excludes halogenated alkanes) is 12. The number of hydrogen-bond acceptors (Lipinski definition) is 7. The minimum Gasteiger partial charge on any atom is -0.756 e. The van der Waals surface area contributed by atoms with Crippen LogP contribution in [-0.4, -0.2) is 70.7 Å². The van der Waals surface area contributed by atoms with Crippen LogP contribution in [0.25, 0.3) is 0 Å². The predicted octanol–water partition coefficient (Wildman–Crippen LogP) is 8.85. The van der Waals surface area contributed by atoms with Gasteiger partial charge in [0.25, 0.3) is 7.82 Å². The summed E-state index contributed by atoms with van der Waals surface area (Å²) in [5.74, 6) is -0.365. The first-order valence-electron chi connectivity index (χ1n) is 17.7. The van der Waals surface area contributed by atoms with Gasteiger partial charge in [-0.3, -0.25) is 9.36 Å². The maximum absolute atomic E-state index is 12.2. The molecule has 0 rings (SSSR count). The lowest BCUT2D eigenvalue weighted by Gasteiger charge is -2.28. The molecule has 0 aliphatic rings. The summed E-state index contributed by atoms with van der Waals surface area (Å²) >= 11 is 0. The van der Waals surface area contributed by atoms with E-state index in [0.29, 0.717) is 24.1 Å². The lowest BCUT2D eigenvalue weighted by Crippen LogP contribution is -2.37. The third-order valence-electron chi connectivity index (χ3n) is 7.19. The molecule has 0 radical (unpaired) electrons. The maximum Gasteiger partial charge on any atom is 0.306 e. The van der Waals surface area contributed by atoms with Gasteiger partial charge in [0, 0.05) is 13.0 Å². The van der Waals surface area contributed by atoms with E-state index in [0.717, 1.165) is 51.4 Å². The van der Waals surface area contributed by atoms with E-state index in [-0.39, 0.29) is 25.8 Å². The highest BCUT2D eigenvalue weighted by molar-refractivity contribution is 7.45. The minimum absolute atomic E-state index is 0.0227. The number of likely N-dealkylation sites (N-methyl/N-ethyl adjacent to an activating group) is 1. The summed E-state index contributed by atoms with van der Waals surface area (Å²) in [6.45, 7) is 5.16. The zero-order valence-corrected chi connectivity index (χ0v) is 30.5. The highest BCUT2D eigenvalue weighted by atomic mass is 31.2. The van der Waals surface area contributed by atoms with Gasteiger partial charge >= 0.3 is 5.97 Å². The fourth-order valence-electron chi connectivity index (χ4n) is 4.37. The van der Waals surface area contributed by atoms with E-state index in [4.69, 9.17) is 18.5 Å². The molecule has 0 aromatic carbocycles. The normalized spacial score (nSPS) is 14.5. The number of quaternary nitrogens is 1. The minimum atomic E-state index is -4.50. The van der Waals surface area contributed by atoms with Gasteiger partial charge in [-0.15, -0.1) is 0 Å². The Morgan fingerprint density at radius 1 is 0.689 bits per heavy atom. The fourth-order valence-corrected chi connectivity index (χ4v) is 5.10. The number of hydrogen-bond donors (Lipinski definition) is 0. The van der Waals surface area contributed by atoms with Crippen LogP contribution in [0.4, 0.5) is 0 Å². The summed E-state index contributed by atoms with van der Waals surface area (Å²) < 4.78 is 34.0. The quantitative estimate of drug-likeness (QED) is 0.0235. The largest absolute Gasteiger partial charge is 0.756 e. The number of nitrogens with zero attached hydrogens (tertiary/aromatic N) is 1. The number of carbonyl (C=O) groups is 1. The summed E-state index contributed by atoms with van der Waals surface area (Å²) in [5.41, 5.74) is 0. The second kappa shape index (κ2) is 30.1. The van der Waals surface area contributed by atoms with Crippen molar-refractivity contribution in [3.05, 3.63) is 36.5 Å². The van der Waals surface area contributed by atoms with Crippen LogP contribution in [0.15, 0.2) is 36.5 Å². The third kappa shape index (κ3) is 33.9. The van der Waals surface area contributed by atoms with Crippen LogP contribution in [0, 0.1) is 0 Å². The van der Waals surface area contributed by atoms with Crippen molar-refractivity contribution in [2.45, 2.75) is 136 Å². The molecule has 0 amide bonds. The summed E-state index contributed by atoms with van der Waals surface area (Å²) in [6.07, 6.45) is 32.3. The van der Waals surface area contributed by atoms with Gasteiger partial charge in [-0.2, -0.15) is 0 Å². The average molecular weight is 658 g/mol. The molecule has 2 atom stereocenters. The van der Waals surface area contributed by atoms with Crippen LogP contribution < -0.4 is 4.89 Å². The topological polar surface area (TPSA) is 94.1 Å². The molecule has 0 saturated carbocycles. The van der Waals surface area contributed by atoms with Crippen molar-refractivity contribution in [1.29, 1.82) is 0 Å². The lowest BCUT2D eigenvalue weighted by atomic mass is 10.1. The number of allylic oxidation sites excluding steroid dienone is 6. The van der Waals surface area contributed by atoms with E-state index in [1.54, 1.807) is 0 Å². The molecule has 0 spiro atoms. The van der Waals surface area contributed by atoms with Gasteiger partial charge in [-0.1, -0.05) is 108 Å². The van der Waals surface area contributed by atoms with Crippen molar-refractivity contribution in [2.24, 2.45) is 0 Å². The standard InChI is InChI=1S/C36H68NO7P/c1-6-8-10-11-12-13-14-15-16-17-18-19-20-21-22-23-24-25-26-28-31-41-33-35(44-36(38)29-27-9-7-2)34-43-45(39,40)42-32-30-37(3,4)5/h12-13,15-16,18-19,35H,6-11,14,17,20-34H2,1-5H3/b13-12-,16-15-,19-18-. The maximum atomic E-state index is 12.2. The van der Waals surface area contributed by atoms with Crippen molar-refractivity contribution in [2.75, 3.05) is 54.1 Å². The SMILES string of the molecule is CCCCC/C=C\C/C=C\C/C=C\CCCCCCCCCOCC(COP(=O)([O-])OCC[N+](C)(C)C)OC(=O)CCCCC. The molecular weight excluding hydrogens is 589 g/mol. The summed E-state index contributed by atoms with van der Waals surface area (Å²) in [5, 5.41) is 0. The number of carbonyl (C=O) groups excluding carboxylic acids is 1. The molecule has 0 aliphatic heterocycles. The predicted molar refractivity (Wildman–Crippen MR) is 185 cm³/mol. The molecule has 0 N–H and O–H groups in total. The highest BCUT2D eigenvalue weighted by Gasteiger charge is 2.20. The Hall–Kier alpha value is -1.28. The Balaban J connectivity index is 4.02. The van der Waals surface area contributed by atoms with Crippen LogP contribution in [0.3, 0.4) is 0 Å². The molecule has 264 valence electrons. The van der Waals surface area contributed by atoms with E-state index >= 15 is 0 Å². The van der Waals surface area contributed by atoms with Crippen molar-refractivity contribution >= 4 is 13.8 Å².